The Hall–Kier alpha value is -2.29. The van der Waals surface area contributed by atoms with Crippen molar-refractivity contribution in [2.24, 2.45) is 0 Å². The number of nitrogens with zero attached hydrogens (tertiary/aromatic N) is 1. The van der Waals surface area contributed by atoms with Gasteiger partial charge in [0.1, 0.15) is 0 Å². The Bertz CT molecular complexity index is 593. The summed E-state index contributed by atoms with van der Waals surface area (Å²) in [6.07, 6.45) is 0. The van der Waals surface area contributed by atoms with Crippen LogP contribution in [0.5, 0.6) is 0 Å². The molecule has 1 N–H and O–H groups in total. The van der Waals surface area contributed by atoms with E-state index in [2.05, 4.69) is 5.32 Å². The normalized spacial score (nSPS) is 10.1. The van der Waals surface area contributed by atoms with Crippen LogP contribution in [0.15, 0.2) is 48.5 Å². The molecule has 0 bridgehead atoms. The zero-order valence-electron chi connectivity index (χ0n) is 11.5. The summed E-state index contributed by atoms with van der Waals surface area (Å²) in [6, 6.07) is 15.4. The molecular weight excluding hydrogens is 236 g/mol. The zero-order valence-corrected chi connectivity index (χ0v) is 11.5. The number of anilines is 2. The number of carbonyl (C=O) groups is 1. The van der Waals surface area contributed by atoms with E-state index in [0.29, 0.717) is 5.56 Å². The molecule has 1 amide bonds. The minimum Gasteiger partial charge on any atom is -0.388 e. The van der Waals surface area contributed by atoms with Gasteiger partial charge in [-0.05, 0) is 42.8 Å². The van der Waals surface area contributed by atoms with Crippen molar-refractivity contribution < 1.29 is 4.79 Å². The van der Waals surface area contributed by atoms with Crippen LogP contribution in [0.4, 0.5) is 11.4 Å². The maximum Gasteiger partial charge on any atom is 0.258 e. The highest BCUT2D eigenvalue weighted by atomic mass is 16.2. The second kappa shape index (κ2) is 5.57. The molecule has 2 aromatic rings. The Morgan fingerprint density at radius 3 is 2.53 bits per heavy atom. The number of benzene rings is 2. The lowest BCUT2D eigenvalue weighted by atomic mass is 10.1. The van der Waals surface area contributed by atoms with Crippen LogP contribution in [0, 0.1) is 6.92 Å². The molecule has 0 fully saturated rings. The molecule has 3 nitrogen and oxygen atoms in total. The third-order valence-corrected chi connectivity index (χ3v) is 3.09. The number of nitrogens with one attached hydrogen (secondary N) is 1. The smallest absolute Gasteiger partial charge is 0.258 e. The average molecular weight is 254 g/mol. The first-order chi connectivity index (χ1) is 9.11. The van der Waals surface area contributed by atoms with Gasteiger partial charge in [-0.2, -0.15) is 0 Å². The second-order valence-electron chi connectivity index (χ2n) is 4.53. The first-order valence-corrected chi connectivity index (χ1v) is 6.24. The van der Waals surface area contributed by atoms with Crippen molar-refractivity contribution in [3.05, 3.63) is 59.7 Å². The van der Waals surface area contributed by atoms with E-state index in [9.17, 15) is 4.79 Å². The maximum absolute atomic E-state index is 12.4. The third-order valence-electron chi connectivity index (χ3n) is 3.09. The number of carbonyl (C=O) groups excluding carboxylic acids is 1. The van der Waals surface area contributed by atoms with E-state index in [0.717, 1.165) is 16.9 Å². The SMILES string of the molecule is CNc1cccc(C(=O)N(C)c2cccc(C)c2)c1. The Morgan fingerprint density at radius 2 is 1.84 bits per heavy atom. The summed E-state index contributed by atoms with van der Waals surface area (Å²) in [6.45, 7) is 2.02. The van der Waals surface area contributed by atoms with E-state index >= 15 is 0 Å². The van der Waals surface area contributed by atoms with Gasteiger partial charge in [-0.3, -0.25) is 4.79 Å². The maximum atomic E-state index is 12.4. The molecule has 0 saturated carbocycles. The Morgan fingerprint density at radius 1 is 1.11 bits per heavy atom. The van der Waals surface area contributed by atoms with Crippen molar-refractivity contribution in [1.29, 1.82) is 0 Å². The third kappa shape index (κ3) is 2.94. The summed E-state index contributed by atoms with van der Waals surface area (Å²) < 4.78 is 0. The van der Waals surface area contributed by atoms with Crippen molar-refractivity contribution in [2.75, 3.05) is 24.3 Å². The largest absolute Gasteiger partial charge is 0.388 e. The van der Waals surface area contributed by atoms with Gasteiger partial charge in [0.25, 0.3) is 5.91 Å². The van der Waals surface area contributed by atoms with Gasteiger partial charge in [0.15, 0.2) is 0 Å². The molecule has 2 rings (SSSR count). The van der Waals surface area contributed by atoms with Crippen LogP contribution in [0.2, 0.25) is 0 Å². The average Bonchev–Trinajstić information content (AvgIpc) is 2.45. The molecule has 0 aliphatic heterocycles. The molecule has 0 aliphatic rings. The molecule has 0 atom stereocenters. The summed E-state index contributed by atoms with van der Waals surface area (Å²) in [5, 5.41) is 3.04. The second-order valence-corrected chi connectivity index (χ2v) is 4.53. The molecule has 0 aliphatic carbocycles. The Kier molecular flexibility index (Phi) is 3.85. The van der Waals surface area contributed by atoms with Crippen LogP contribution in [0.25, 0.3) is 0 Å². The predicted octanol–water partition coefficient (Wildman–Crippen LogP) is 3.31. The molecule has 0 aromatic heterocycles. The monoisotopic (exact) mass is 254 g/mol. The standard InChI is InChI=1S/C16H18N2O/c1-12-6-4-9-15(10-12)18(3)16(19)13-7-5-8-14(11-13)17-2/h4-11,17H,1-3H3. The van der Waals surface area contributed by atoms with E-state index in [1.54, 1.807) is 11.9 Å². The molecular formula is C16H18N2O. The van der Waals surface area contributed by atoms with E-state index in [-0.39, 0.29) is 5.91 Å². The quantitative estimate of drug-likeness (QED) is 0.911. The summed E-state index contributed by atoms with van der Waals surface area (Å²) in [5.74, 6) is -0.0114. The van der Waals surface area contributed by atoms with Crippen LogP contribution in [-0.4, -0.2) is 20.0 Å². The van der Waals surface area contributed by atoms with Crippen LogP contribution in [0.3, 0.4) is 0 Å². The predicted molar refractivity (Wildman–Crippen MR) is 79.9 cm³/mol. The molecule has 0 unspecified atom stereocenters. The number of aryl methyl sites for hydroxylation is 1. The summed E-state index contributed by atoms with van der Waals surface area (Å²) in [5.41, 5.74) is 3.65. The van der Waals surface area contributed by atoms with Crippen molar-refractivity contribution in [3.63, 3.8) is 0 Å². The Balaban J connectivity index is 2.28. The molecule has 3 heteroatoms. The number of hydrogen-bond acceptors (Lipinski definition) is 2. The van der Waals surface area contributed by atoms with Gasteiger partial charge in [-0.25, -0.2) is 0 Å². The van der Waals surface area contributed by atoms with Crippen LogP contribution < -0.4 is 10.2 Å². The number of rotatable bonds is 3. The van der Waals surface area contributed by atoms with Gasteiger partial charge in [0.2, 0.25) is 0 Å². The number of amides is 1. The molecule has 2 aromatic carbocycles. The van der Waals surface area contributed by atoms with E-state index in [1.165, 1.54) is 0 Å². The fourth-order valence-corrected chi connectivity index (χ4v) is 1.96. The van der Waals surface area contributed by atoms with Crippen molar-refractivity contribution in [2.45, 2.75) is 6.92 Å². The highest BCUT2D eigenvalue weighted by molar-refractivity contribution is 6.06. The highest BCUT2D eigenvalue weighted by Gasteiger charge is 2.13. The minimum absolute atomic E-state index is 0.0114. The van der Waals surface area contributed by atoms with Crippen molar-refractivity contribution in [1.82, 2.24) is 0 Å². The summed E-state index contributed by atoms with van der Waals surface area (Å²) >= 11 is 0. The van der Waals surface area contributed by atoms with Crippen LogP contribution in [0.1, 0.15) is 15.9 Å². The molecule has 0 saturated heterocycles. The first-order valence-electron chi connectivity index (χ1n) is 6.24. The Labute approximate surface area is 113 Å². The van der Waals surface area contributed by atoms with E-state index in [4.69, 9.17) is 0 Å². The highest BCUT2D eigenvalue weighted by Crippen LogP contribution is 2.18. The fraction of sp³-hybridized carbons (Fsp3) is 0.188. The fourth-order valence-electron chi connectivity index (χ4n) is 1.96. The topological polar surface area (TPSA) is 32.3 Å². The lowest BCUT2D eigenvalue weighted by Crippen LogP contribution is -2.26. The van der Waals surface area contributed by atoms with Gasteiger partial charge < -0.3 is 10.2 Å². The summed E-state index contributed by atoms with van der Waals surface area (Å²) in [4.78, 5) is 14.1. The minimum atomic E-state index is -0.0114. The first kappa shape index (κ1) is 13.1. The van der Waals surface area contributed by atoms with Crippen molar-refractivity contribution >= 4 is 17.3 Å². The van der Waals surface area contributed by atoms with E-state index in [1.807, 2.05) is 62.5 Å². The van der Waals surface area contributed by atoms with Crippen LogP contribution >= 0.6 is 0 Å². The van der Waals surface area contributed by atoms with Gasteiger partial charge in [0, 0.05) is 31.0 Å². The summed E-state index contributed by atoms with van der Waals surface area (Å²) in [7, 11) is 3.64. The lowest BCUT2D eigenvalue weighted by Gasteiger charge is -2.18. The molecule has 19 heavy (non-hydrogen) atoms. The van der Waals surface area contributed by atoms with Crippen molar-refractivity contribution in [3.8, 4) is 0 Å². The van der Waals surface area contributed by atoms with Crippen LogP contribution in [-0.2, 0) is 0 Å². The zero-order chi connectivity index (χ0) is 13.8. The van der Waals surface area contributed by atoms with E-state index < -0.39 is 0 Å². The molecule has 0 spiro atoms. The van der Waals surface area contributed by atoms with Gasteiger partial charge >= 0.3 is 0 Å². The molecule has 0 radical (unpaired) electrons. The van der Waals surface area contributed by atoms with Gasteiger partial charge in [-0.1, -0.05) is 18.2 Å². The van der Waals surface area contributed by atoms with Gasteiger partial charge in [-0.15, -0.1) is 0 Å². The molecule has 0 heterocycles. The number of hydrogen-bond donors (Lipinski definition) is 1. The lowest BCUT2D eigenvalue weighted by molar-refractivity contribution is 0.0993. The molecule has 98 valence electrons. The van der Waals surface area contributed by atoms with Gasteiger partial charge in [0.05, 0.1) is 0 Å².